The average Bonchev–Trinajstić information content (AvgIpc) is 2.76. The fourth-order valence-electron chi connectivity index (χ4n) is 3.49. The number of nitrogens with two attached hydrogens (primary N) is 1. The van der Waals surface area contributed by atoms with Crippen LogP contribution in [-0.2, 0) is 23.1 Å². The van der Waals surface area contributed by atoms with Crippen LogP contribution in [0.3, 0.4) is 0 Å². The summed E-state index contributed by atoms with van der Waals surface area (Å²) in [6.45, 7) is 4.93. The first-order chi connectivity index (χ1) is 15.8. The highest BCUT2D eigenvalue weighted by Crippen LogP contribution is 2.44. The maximum Gasteiger partial charge on any atom is 0.472 e. The van der Waals surface area contributed by atoms with Gasteiger partial charge in [-0.1, -0.05) is 90.4 Å². The average molecular weight is 496 g/mol. The Morgan fingerprint density at radius 3 is 1.64 bits per heavy atom. The van der Waals surface area contributed by atoms with Gasteiger partial charge in [0.15, 0.2) is 0 Å². The minimum atomic E-state index is -4.32. The molecular weight excluding hydrogens is 445 g/mol. The molecule has 0 saturated carbocycles. The molecule has 0 aliphatic carbocycles. The van der Waals surface area contributed by atoms with E-state index in [1.165, 1.54) is 90.4 Å². The molecule has 4 N–H and O–H groups in total. The van der Waals surface area contributed by atoms with Crippen LogP contribution >= 0.6 is 7.82 Å². The van der Waals surface area contributed by atoms with Gasteiger partial charge in [-0.2, -0.15) is 0 Å². The van der Waals surface area contributed by atoms with Gasteiger partial charge in [-0.15, -0.1) is 0 Å². The van der Waals surface area contributed by atoms with Crippen molar-refractivity contribution in [1.82, 2.24) is 0 Å². The molecule has 9 heteroatoms. The van der Waals surface area contributed by atoms with Crippen LogP contribution in [0.5, 0.6) is 0 Å². The lowest BCUT2D eigenvalue weighted by Gasteiger charge is -2.19. The van der Waals surface area contributed by atoms with Crippen LogP contribution in [0.4, 0.5) is 0 Å². The van der Waals surface area contributed by atoms with Crippen molar-refractivity contribution in [3.63, 3.8) is 0 Å². The fourth-order valence-corrected chi connectivity index (χ4v) is 4.47. The molecule has 0 radical (unpaired) electrons. The Labute approximate surface area is 201 Å². The molecule has 0 saturated heterocycles. The zero-order valence-electron chi connectivity index (χ0n) is 21.0. The molecule has 0 amide bonds. The SMILES string of the molecule is CCCCCCCCCCCCCCCCOCCCCOP(=O)(O)O[C@H](C)[C@H](N)C(=O)O. The number of phosphoric acid groups is 1. The second kappa shape index (κ2) is 22.0. The summed E-state index contributed by atoms with van der Waals surface area (Å²) < 4.78 is 27.0. The number of ether oxygens (including phenoxy) is 1. The first-order valence-electron chi connectivity index (χ1n) is 13.0. The van der Waals surface area contributed by atoms with Crippen molar-refractivity contribution < 1.29 is 33.1 Å². The molecule has 0 aromatic carbocycles. The third-order valence-corrected chi connectivity index (χ3v) is 6.78. The van der Waals surface area contributed by atoms with Gasteiger partial charge in [-0.05, 0) is 26.2 Å². The van der Waals surface area contributed by atoms with Crippen LogP contribution in [-0.4, -0.2) is 47.9 Å². The summed E-state index contributed by atoms with van der Waals surface area (Å²) in [5.74, 6) is -1.31. The van der Waals surface area contributed by atoms with Crippen LogP contribution in [0.15, 0.2) is 0 Å². The number of aliphatic carboxylic acids is 1. The summed E-state index contributed by atoms with van der Waals surface area (Å²) in [4.78, 5) is 20.3. The molecule has 0 rings (SSSR count). The predicted molar refractivity (Wildman–Crippen MR) is 132 cm³/mol. The lowest BCUT2D eigenvalue weighted by Crippen LogP contribution is -2.41. The van der Waals surface area contributed by atoms with Crippen molar-refractivity contribution in [1.29, 1.82) is 0 Å². The standard InChI is InChI=1S/C24H50NO7P/c1-3-4-5-6-7-8-9-10-11-12-13-14-15-16-19-30-20-17-18-21-31-33(28,29)32-22(2)23(25)24(26)27/h22-23H,3-21,25H2,1-2H3,(H,26,27)(H,28,29)/t22-,23+/m1/s1. The molecule has 198 valence electrons. The number of carboxylic acid groups (broad SMARTS) is 1. The Balaban J connectivity index is 3.35. The minimum absolute atomic E-state index is 0.0328. The number of hydrogen-bond donors (Lipinski definition) is 3. The topological polar surface area (TPSA) is 128 Å². The summed E-state index contributed by atoms with van der Waals surface area (Å²) in [5.41, 5.74) is 5.34. The largest absolute Gasteiger partial charge is 0.480 e. The van der Waals surface area contributed by atoms with E-state index in [2.05, 4.69) is 6.92 Å². The third kappa shape index (κ3) is 21.8. The molecule has 0 aromatic rings. The van der Waals surface area contributed by atoms with Crippen LogP contribution < -0.4 is 5.73 Å². The van der Waals surface area contributed by atoms with Gasteiger partial charge in [0.1, 0.15) is 6.04 Å². The van der Waals surface area contributed by atoms with Crippen molar-refractivity contribution in [2.24, 2.45) is 5.73 Å². The van der Waals surface area contributed by atoms with Crippen LogP contribution in [0.1, 0.15) is 117 Å². The zero-order valence-corrected chi connectivity index (χ0v) is 21.9. The first kappa shape index (κ1) is 32.5. The van der Waals surface area contributed by atoms with Crippen molar-refractivity contribution in [3.05, 3.63) is 0 Å². The summed E-state index contributed by atoms with van der Waals surface area (Å²) in [7, 11) is -4.32. The van der Waals surface area contributed by atoms with Crippen molar-refractivity contribution >= 4 is 13.8 Å². The maximum atomic E-state index is 11.8. The Morgan fingerprint density at radius 2 is 1.18 bits per heavy atom. The molecule has 33 heavy (non-hydrogen) atoms. The minimum Gasteiger partial charge on any atom is -0.480 e. The lowest BCUT2D eigenvalue weighted by molar-refractivity contribution is -0.140. The third-order valence-electron chi connectivity index (χ3n) is 5.67. The molecular formula is C24H50NO7P. The van der Waals surface area contributed by atoms with Crippen LogP contribution in [0.25, 0.3) is 0 Å². The second-order valence-electron chi connectivity index (χ2n) is 8.89. The number of phosphoric ester groups is 1. The van der Waals surface area contributed by atoms with Gasteiger partial charge in [0.05, 0.1) is 12.7 Å². The van der Waals surface area contributed by atoms with E-state index in [1.807, 2.05) is 0 Å². The molecule has 0 aromatic heterocycles. The molecule has 0 aliphatic rings. The van der Waals surface area contributed by atoms with E-state index in [0.717, 1.165) is 13.0 Å². The van der Waals surface area contributed by atoms with E-state index < -0.39 is 25.9 Å². The van der Waals surface area contributed by atoms with E-state index in [0.29, 0.717) is 19.4 Å². The number of carbonyl (C=O) groups is 1. The molecule has 0 bridgehead atoms. The van der Waals surface area contributed by atoms with Gasteiger partial charge < -0.3 is 20.5 Å². The molecule has 0 aliphatic heterocycles. The Hall–Kier alpha value is -0.500. The molecule has 0 heterocycles. The molecule has 8 nitrogen and oxygen atoms in total. The highest BCUT2D eigenvalue weighted by molar-refractivity contribution is 7.47. The Morgan fingerprint density at radius 1 is 0.788 bits per heavy atom. The van der Waals surface area contributed by atoms with Crippen molar-refractivity contribution in [2.75, 3.05) is 19.8 Å². The molecule has 1 unspecified atom stereocenters. The highest BCUT2D eigenvalue weighted by atomic mass is 31.2. The van der Waals surface area contributed by atoms with E-state index in [1.54, 1.807) is 0 Å². The monoisotopic (exact) mass is 495 g/mol. The fraction of sp³-hybridized carbons (Fsp3) is 0.958. The summed E-state index contributed by atoms with van der Waals surface area (Å²) in [5, 5.41) is 8.77. The number of carboxylic acids is 1. The molecule has 3 atom stereocenters. The summed E-state index contributed by atoms with van der Waals surface area (Å²) in [6.07, 6.45) is 18.8. The van der Waals surface area contributed by atoms with E-state index in [4.69, 9.17) is 24.6 Å². The predicted octanol–water partition coefficient (Wildman–Crippen LogP) is 6.20. The Bertz CT molecular complexity index is 507. The number of hydrogen-bond acceptors (Lipinski definition) is 6. The van der Waals surface area contributed by atoms with Gasteiger partial charge in [-0.3, -0.25) is 13.8 Å². The normalized spacial score (nSPS) is 15.3. The summed E-state index contributed by atoms with van der Waals surface area (Å²) in [6, 6.07) is -1.39. The number of unbranched alkanes of at least 4 members (excludes halogenated alkanes) is 14. The smallest absolute Gasteiger partial charge is 0.472 e. The lowest BCUT2D eigenvalue weighted by atomic mass is 10.0. The Kier molecular flexibility index (Phi) is 21.7. The zero-order chi connectivity index (χ0) is 24.8. The van der Waals surface area contributed by atoms with Crippen molar-refractivity contribution in [2.45, 2.75) is 129 Å². The van der Waals surface area contributed by atoms with Gasteiger partial charge in [0.2, 0.25) is 0 Å². The van der Waals surface area contributed by atoms with E-state index >= 15 is 0 Å². The first-order valence-corrected chi connectivity index (χ1v) is 14.5. The summed E-state index contributed by atoms with van der Waals surface area (Å²) >= 11 is 0. The van der Waals surface area contributed by atoms with E-state index in [9.17, 15) is 14.3 Å². The number of rotatable bonds is 25. The van der Waals surface area contributed by atoms with E-state index in [-0.39, 0.29) is 6.61 Å². The van der Waals surface area contributed by atoms with Gasteiger partial charge in [0.25, 0.3) is 0 Å². The highest BCUT2D eigenvalue weighted by Gasteiger charge is 2.30. The van der Waals surface area contributed by atoms with Gasteiger partial charge in [0, 0.05) is 13.2 Å². The second-order valence-corrected chi connectivity index (χ2v) is 10.3. The van der Waals surface area contributed by atoms with Gasteiger partial charge >= 0.3 is 13.8 Å². The maximum absolute atomic E-state index is 11.8. The quantitative estimate of drug-likeness (QED) is 0.101. The van der Waals surface area contributed by atoms with Crippen molar-refractivity contribution in [3.8, 4) is 0 Å². The van der Waals surface area contributed by atoms with Crippen LogP contribution in [0.2, 0.25) is 0 Å². The van der Waals surface area contributed by atoms with Crippen LogP contribution in [0, 0.1) is 0 Å². The molecule has 0 fully saturated rings. The molecule has 0 spiro atoms. The van der Waals surface area contributed by atoms with Gasteiger partial charge in [-0.25, -0.2) is 4.57 Å².